The van der Waals surface area contributed by atoms with Crippen LogP contribution in [-0.4, -0.2) is 31.4 Å². The van der Waals surface area contributed by atoms with Gasteiger partial charge in [0, 0.05) is 18.5 Å². The minimum atomic E-state index is -1.25. The SMILES string of the molecule is O=C(O)c1ccc(N2C(=O)/C(=C/c3ccncc3)SC2=S)cc1O. The van der Waals surface area contributed by atoms with Crippen LogP contribution < -0.4 is 4.90 Å². The van der Waals surface area contributed by atoms with Gasteiger partial charge in [-0.05, 0) is 35.9 Å². The topological polar surface area (TPSA) is 90.7 Å². The summed E-state index contributed by atoms with van der Waals surface area (Å²) in [6.45, 7) is 0. The second-order valence-electron chi connectivity index (χ2n) is 4.80. The van der Waals surface area contributed by atoms with Crippen LogP contribution >= 0.6 is 24.0 Å². The van der Waals surface area contributed by atoms with Gasteiger partial charge in [0.15, 0.2) is 4.32 Å². The molecule has 8 heteroatoms. The van der Waals surface area contributed by atoms with E-state index in [2.05, 4.69) is 4.98 Å². The molecule has 1 amide bonds. The van der Waals surface area contributed by atoms with Gasteiger partial charge in [0.2, 0.25) is 0 Å². The Hall–Kier alpha value is -2.71. The summed E-state index contributed by atoms with van der Waals surface area (Å²) in [5.41, 5.74) is 0.893. The smallest absolute Gasteiger partial charge is 0.339 e. The number of aromatic carboxylic acids is 1. The number of anilines is 1. The van der Waals surface area contributed by atoms with Crippen molar-refractivity contribution in [3.63, 3.8) is 0 Å². The number of aromatic hydroxyl groups is 1. The zero-order chi connectivity index (χ0) is 17.3. The van der Waals surface area contributed by atoms with Crippen LogP contribution in [0, 0.1) is 0 Å². The second-order valence-corrected chi connectivity index (χ2v) is 6.48. The third-order valence-electron chi connectivity index (χ3n) is 3.27. The van der Waals surface area contributed by atoms with E-state index < -0.39 is 11.7 Å². The maximum Gasteiger partial charge on any atom is 0.339 e. The van der Waals surface area contributed by atoms with Gasteiger partial charge in [0.05, 0.1) is 10.6 Å². The first-order valence-corrected chi connectivity index (χ1v) is 7.94. The van der Waals surface area contributed by atoms with Crippen molar-refractivity contribution in [3.8, 4) is 5.75 Å². The van der Waals surface area contributed by atoms with Gasteiger partial charge in [0.25, 0.3) is 5.91 Å². The minimum absolute atomic E-state index is 0.239. The fraction of sp³-hybridized carbons (Fsp3) is 0. The van der Waals surface area contributed by atoms with Crippen LogP contribution in [0.5, 0.6) is 5.75 Å². The number of benzene rings is 1. The van der Waals surface area contributed by atoms with Crippen molar-refractivity contribution in [2.24, 2.45) is 0 Å². The number of phenols is 1. The number of carbonyl (C=O) groups excluding carboxylic acids is 1. The van der Waals surface area contributed by atoms with Crippen molar-refractivity contribution >= 4 is 51.9 Å². The van der Waals surface area contributed by atoms with Gasteiger partial charge in [-0.3, -0.25) is 14.7 Å². The van der Waals surface area contributed by atoms with Crippen molar-refractivity contribution in [1.82, 2.24) is 4.98 Å². The summed E-state index contributed by atoms with van der Waals surface area (Å²) in [6.07, 6.45) is 4.94. The molecule has 0 aliphatic carbocycles. The summed E-state index contributed by atoms with van der Waals surface area (Å²) in [5.74, 6) is -2.00. The highest BCUT2D eigenvalue weighted by molar-refractivity contribution is 8.27. The van der Waals surface area contributed by atoms with E-state index in [0.29, 0.717) is 14.9 Å². The van der Waals surface area contributed by atoms with E-state index in [1.54, 1.807) is 30.6 Å². The van der Waals surface area contributed by atoms with E-state index in [1.165, 1.54) is 23.1 Å². The number of hydrogen-bond donors (Lipinski definition) is 2. The highest BCUT2D eigenvalue weighted by Gasteiger charge is 2.33. The van der Waals surface area contributed by atoms with Crippen molar-refractivity contribution in [2.45, 2.75) is 0 Å². The highest BCUT2D eigenvalue weighted by Crippen LogP contribution is 2.37. The molecule has 1 saturated heterocycles. The molecule has 24 heavy (non-hydrogen) atoms. The van der Waals surface area contributed by atoms with Crippen molar-refractivity contribution < 1.29 is 19.8 Å². The molecule has 2 aromatic rings. The normalized spacial score (nSPS) is 16.0. The van der Waals surface area contributed by atoms with E-state index in [4.69, 9.17) is 17.3 Å². The maximum absolute atomic E-state index is 12.6. The first-order valence-electron chi connectivity index (χ1n) is 6.71. The number of nitrogens with zero attached hydrogens (tertiary/aromatic N) is 2. The van der Waals surface area contributed by atoms with Gasteiger partial charge in [0.1, 0.15) is 11.3 Å². The largest absolute Gasteiger partial charge is 0.507 e. The predicted octanol–water partition coefficient (Wildman–Crippen LogP) is 2.89. The second kappa shape index (κ2) is 6.42. The third-order valence-corrected chi connectivity index (χ3v) is 4.57. The maximum atomic E-state index is 12.6. The van der Waals surface area contributed by atoms with Gasteiger partial charge in [-0.15, -0.1) is 0 Å². The van der Waals surface area contributed by atoms with Crippen molar-refractivity contribution in [2.75, 3.05) is 4.90 Å². The fourth-order valence-corrected chi connectivity index (χ4v) is 3.44. The number of carboxylic acids is 1. The lowest BCUT2D eigenvalue weighted by molar-refractivity contribution is -0.113. The van der Waals surface area contributed by atoms with Crippen LogP contribution in [0.3, 0.4) is 0 Å². The molecule has 0 unspecified atom stereocenters. The summed E-state index contributed by atoms with van der Waals surface area (Å²) in [7, 11) is 0. The molecule has 2 heterocycles. The first kappa shape index (κ1) is 16.2. The number of thioether (sulfide) groups is 1. The summed E-state index contributed by atoms with van der Waals surface area (Å²) in [5, 5.41) is 18.8. The van der Waals surface area contributed by atoms with Gasteiger partial charge < -0.3 is 10.2 Å². The molecule has 0 spiro atoms. The van der Waals surface area contributed by atoms with Gasteiger partial charge in [-0.25, -0.2) is 4.79 Å². The molecule has 0 saturated carbocycles. The lowest BCUT2D eigenvalue weighted by Gasteiger charge is -2.15. The average molecular weight is 358 g/mol. The van der Waals surface area contributed by atoms with Crippen LogP contribution in [0.2, 0.25) is 0 Å². The van der Waals surface area contributed by atoms with Crippen LogP contribution in [0.1, 0.15) is 15.9 Å². The fourth-order valence-electron chi connectivity index (χ4n) is 2.14. The molecular weight excluding hydrogens is 348 g/mol. The molecular formula is C16H10N2O4S2. The summed E-state index contributed by atoms with van der Waals surface area (Å²) in [6, 6.07) is 7.41. The molecule has 1 aliphatic heterocycles. The minimum Gasteiger partial charge on any atom is -0.507 e. The number of aromatic nitrogens is 1. The molecule has 120 valence electrons. The monoisotopic (exact) mass is 358 g/mol. The zero-order valence-electron chi connectivity index (χ0n) is 12.0. The molecule has 1 aliphatic rings. The van der Waals surface area contributed by atoms with Crippen molar-refractivity contribution in [1.29, 1.82) is 0 Å². The Bertz CT molecular complexity index is 881. The molecule has 1 aromatic carbocycles. The lowest BCUT2D eigenvalue weighted by atomic mass is 10.1. The standard InChI is InChI=1S/C16H10N2O4S2/c19-12-8-10(1-2-11(12)15(21)22)18-14(20)13(24-16(18)23)7-9-3-5-17-6-4-9/h1-8,19H,(H,21,22)/b13-7-. The first-order chi connectivity index (χ1) is 11.5. The quantitative estimate of drug-likeness (QED) is 0.644. The van der Waals surface area contributed by atoms with Crippen molar-refractivity contribution in [3.05, 3.63) is 58.8 Å². The Labute approximate surface area is 146 Å². The number of carbonyl (C=O) groups is 2. The van der Waals surface area contributed by atoms with E-state index >= 15 is 0 Å². The Morgan fingerprint density at radius 1 is 1.25 bits per heavy atom. The molecule has 1 fully saturated rings. The van der Waals surface area contributed by atoms with E-state index in [9.17, 15) is 14.7 Å². The number of carboxylic acid groups (broad SMARTS) is 1. The number of thiocarbonyl (C=S) groups is 1. The predicted molar refractivity (Wildman–Crippen MR) is 95.0 cm³/mol. The summed E-state index contributed by atoms with van der Waals surface area (Å²) in [4.78, 5) is 29.2. The molecule has 1 aromatic heterocycles. The molecule has 0 atom stereocenters. The average Bonchev–Trinajstić information content (AvgIpc) is 2.82. The van der Waals surface area contributed by atoms with Gasteiger partial charge in [-0.2, -0.15) is 0 Å². The Balaban J connectivity index is 1.94. The molecule has 3 rings (SSSR count). The highest BCUT2D eigenvalue weighted by atomic mass is 32.2. The Morgan fingerprint density at radius 2 is 1.96 bits per heavy atom. The molecule has 0 radical (unpaired) electrons. The summed E-state index contributed by atoms with van der Waals surface area (Å²) < 4.78 is 0.308. The molecule has 2 N–H and O–H groups in total. The Morgan fingerprint density at radius 3 is 2.58 bits per heavy atom. The number of pyridine rings is 1. The Kier molecular flexibility index (Phi) is 4.32. The molecule has 0 bridgehead atoms. The van der Waals surface area contributed by atoms with Gasteiger partial charge >= 0.3 is 5.97 Å². The summed E-state index contributed by atoms with van der Waals surface area (Å²) >= 11 is 6.38. The van der Waals surface area contributed by atoms with Crippen LogP contribution in [-0.2, 0) is 4.79 Å². The number of rotatable bonds is 3. The molecule has 6 nitrogen and oxygen atoms in total. The van der Waals surface area contributed by atoms with E-state index in [1.807, 2.05) is 0 Å². The lowest BCUT2D eigenvalue weighted by Crippen LogP contribution is -2.27. The number of amides is 1. The van der Waals surface area contributed by atoms with Crippen LogP contribution in [0.15, 0.2) is 47.6 Å². The third kappa shape index (κ3) is 3.01. The van der Waals surface area contributed by atoms with E-state index in [0.717, 1.165) is 17.3 Å². The van der Waals surface area contributed by atoms with Crippen LogP contribution in [0.4, 0.5) is 5.69 Å². The van der Waals surface area contributed by atoms with E-state index in [-0.39, 0.29) is 11.5 Å². The van der Waals surface area contributed by atoms with Crippen LogP contribution in [0.25, 0.3) is 6.08 Å². The number of hydrogen-bond acceptors (Lipinski definition) is 6. The zero-order valence-corrected chi connectivity index (χ0v) is 13.7. The van der Waals surface area contributed by atoms with Gasteiger partial charge in [-0.1, -0.05) is 24.0 Å².